The Hall–Kier alpha value is -3.58. The van der Waals surface area contributed by atoms with Crippen LogP contribution in [0.25, 0.3) is 11.1 Å². The number of urea groups is 1. The predicted molar refractivity (Wildman–Crippen MR) is 139 cm³/mol. The van der Waals surface area contributed by atoms with Crippen LogP contribution in [0.1, 0.15) is 43.0 Å². The zero-order valence-electron chi connectivity index (χ0n) is 20.6. The number of rotatable bonds is 10. The highest BCUT2D eigenvalue weighted by Gasteiger charge is 2.21. The van der Waals surface area contributed by atoms with Gasteiger partial charge in [0.05, 0.1) is 26.2 Å². The Morgan fingerprint density at radius 3 is 2.36 bits per heavy atom. The lowest BCUT2D eigenvalue weighted by Gasteiger charge is -2.22. The maximum atomic E-state index is 14.4. The first kappa shape index (κ1) is 27.0. The molecule has 0 aliphatic heterocycles. The van der Waals surface area contributed by atoms with E-state index >= 15 is 0 Å². The van der Waals surface area contributed by atoms with E-state index in [1.807, 2.05) is 25.1 Å². The Morgan fingerprint density at radius 2 is 1.69 bits per heavy atom. The van der Waals surface area contributed by atoms with E-state index in [4.69, 9.17) is 21.1 Å². The van der Waals surface area contributed by atoms with E-state index in [0.29, 0.717) is 47.0 Å². The SMILES string of the molecule is CCOC(=O)Cc1ccc(OC)c(-c2ccc(F)cc2C(CC)NC(=O)NCc2ccc(Cl)cc2)c1. The monoisotopic (exact) mass is 512 g/mol. The smallest absolute Gasteiger partial charge is 0.315 e. The average molecular weight is 513 g/mol. The summed E-state index contributed by atoms with van der Waals surface area (Å²) in [5.41, 5.74) is 3.63. The zero-order valence-corrected chi connectivity index (χ0v) is 21.3. The fraction of sp³-hybridized carbons (Fsp3) is 0.286. The van der Waals surface area contributed by atoms with Crippen molar-refractivity contribution in [3.8, 4) is 16.9 Å². The minimum atomic E-state index is -0.473. The molecule has 0 bridgehead atoms. The van der Waals surface area contributed by atoms with Crippen molar-refractivity contribution >= 4 is 23.6 Å². The second-order valence-electron chi connectivity index (χ2n) is 8.16. The average Bonchev–Trinajstić information content (AvgIpc) is 2.87. The number of esters is 1. The summed E-state index contributed by atoms with van der Waals surface area (Å²) >= 11 is 5.92. The second-order valence-corrected chi connectivity index (χ2v) is 8.60. The van der Waals surface area contributed by atoms with E-state index in [2.05, 4.69) is 10.6 Å². The van der Waals surface area contributed by atoms with Crippen molar-refractivity contribution < 1.29 is 23.5 Å². The largest absolute Gasteiger partial charge is 0.496 e. The number of ether oxygens (including phenoxy) is 2. The highest BCUT2D eigenvalue weighted by molar-refractivity contribution is 6.30. The normalized spacial score (nSPS) is 11.5. The Balaban J connectivity index is 1.87. The van der Waals surface area contributed by atoms with Gasteiger partial charge in [0.25, 0.3) is 0 Å². The summed E-state index contributed by atoms with van der Waals surface area (Å²) in [4.78, 5) is 24.7. The molecule has 2 amide bonds. The quantitative estimate of drug-likeness (QED) is 0.317. The molecule has 0 saturated carbocycles. The lowest BCUT2D eigenvalue weighted by molar-refractivity contribution is -0.142. The fourth-order valence-corrected chi connectivity index (χ4v) is 4.04. The van der Waals surface area contributed by atoms with Crippen molar-refractivity contribution in [1.29, 1.82) is 0 Å². The third kappa shape index (κ3) is 7.21. The molecule has 8 heteroatoms. The summed E-state index contributed by atoms with van der Waals surface area (Å²) in [5.74, 6) is -0.187. The van der Waals surface area contributed by atoms with Gasteiger partial charge in [-0.25, -0.2) is 9.18 Å². The molecule has 190 valence electrons. The molecule has 36 heavy (non-hydrogen) atoms. The van der Waals surface area contributed by atoms with Crippen LogP contribution in [0, 0.1) is 5.82 Å². The van der Waals surface area contributed by atoms with Gasteiger partial charge >= 0.3 is 12.0 Å². The van der Waals surface area contributed by atoms with Crippen LogP contribution in [0.2, 0.25) is 5.02 Å². The molecule has 0 aliphatic rings. The van der Waals surface area contributed by atoms with Gasteiger partial charge in [-0.05, 0) is 72.0 Å². The summed E-state index contributed by atoms with van der Waals surface area (Å²) in [7, 11) is 1.55. The molecule has 1 unspecified atom stereocenters. The van der Waals surface area contributed by atoms with Crippen molar-refractivity contribution in [3.63, 3.8) is 0 Å². The summed E-state index contributed by atoms with van der Waals surface area (Å²) in [6.45, 7) is 4.28. The maximum Gasteiger partial charge on any atom is 0.315 e. The highest BCUT2D eigenvalue weighted by atomic mass is 35.5. The van der Waals surface area contributed by atoms with Crippen LogP contribution in [0.4, 0.5) is 9.18 Å². The number of halogens is 2. The fourth-order valence-electron chi connectivity index (χ4n) is 3.92. The Morgan fingerprint density at radius 1 is 0.972 bits per heavy atom. The van der Waals surface area contributed by atoms with Crippen LogP contribution in [0.3, 0.4) is 0 Å². The van der Waals surface area contributed by atoms with E-state index in [1.54, 1.807) is 44.4 Å². The van der Waals surface area contributed by atoms with Gasteiger partial charge in [-0.3, -0.25) is 4.79 Å². The van der Waals surface area contributed by atoms with Gasteiger partial charge in [0.1, 0.15) is 11.6 Å². The molecule has 0 aromatic heterocycles. The van der Waals surface area contributed by atoms with E-state index in [0.717, 1.165) is 11.1 Å². The minimum absolute atomic E-state index is 0.101. The van der Waals surface area contributed by atoms with Crippen molar-refractivity contribution in [1.82, 2.24) is 10.6 Å². The molecule has 0 aliphatic carbocycles. The van der Waals surface area contributed by atoms with Gasteiger partial charge < -0.3 is 20.1 Å². The number of carbonyl (C=O) groups is 2. The number of methoxy groups -OCH3 is 1. The lowest BCUT2D eigenvalue weighted by Crippen LogP contribution is -2.37. The molecule has 6 nitrogen and oxygen atoms in total. The van der Waals surface area contributed by atoms with Gasteiger partial charge in [-0.15, -0.1) is 0 Å². The standard InChI is InChI=1S/C28H30ClFN2O4/c1-4-25(32-28(34)31-17-18-6-9-20(29)10-7-18)23-16-21(30)11-12-22(23)24-14-19(8-13-26(24)35-3)15-27(33)36-5-2/h6-14,16,25H,4-5,15,17H2,1-3H3,(H2,31,32,34). The molecular formula is C28H30ClFN2O4. The topological polar surface area (TPSA) is 76.7 Å². The zero-order chi connectivity index (χ0) is 26.1. The third-order valence-electron chi connectivity index (χ3n) is 5.68. The van der Waals surface area contributed by atoms with Gasteiger partial charge in [-0.1, -0.05) is 42.8 Å². The molecule has 0 radical (unpaired) electrons. The number of benzene rings is 3. The first-order valence-electron chi connectivity index (χ1n) is 11.8. The lowest BCUT2D eigenvalue weighted by atomic mass is 9.91. The van der Waals surface area contributed by atoms with Crippen LogP contribution in [0.5, 0.6) is 5.75 Å². The van der Waals surface area contributed by atoms with Crippen LogP contribution < -0.4 is 15.4 Å². The number of amides is 2. The molecule has 0 spiro atoms. The van der Waals surface area contributed by atoms with Gasteiger partial charge in [0.15, 0.2) is 0 Å². The molecule has 3 aromatic carbocycles. The van der Waals surface area contributed by atoms with Crippen LogP contribution in [-0.2, 0) is 22.5 Å². The van der Waals surface area contributed by atoms with Gasteiger partial charge in [0.2, 0.25) is 0 Å². The molecule has 3 rings (SSSR count). The Bertz CT molecular complexity index is 1200. The van der Waals surface area contributed by atoms with E-state index in [1.165, 1.54) is 12.1 Å². The summed E-state index contributed by atoms with van der Waals surface area (Å²) in [6.07, 6.45) is 0.625. The van der Waals surface area contributed by atoms with E-state index in [-0.39, 0.29) is 18.4 Å². The molecule has 2 N–H and O–H groups in total. The summed E-state index contributed by atoms with van der Waals surface area (Å²) in [5, 5.41) is 6.39. The molecular weight excluding hydrogens is 483 g/mol. The van der Waals surface area contributed by atoms with Gasteiger partial charge in [0, 0.05) is 17.1 Å². The Kier molecular flexibility index (Phi) is 9.70. The van der Waals surface area contributed by atoms with Crippen molar-refractivity contribution in [2.75, 3.05) is 13.7 Å². The number of hydrogen-bond donors (Lipinski definition) is 2. The first-order valence-corrected chi connectivity index (χ1v) is 12.1. The van der Waals surface area contributed by atoms with Crippen molar-refractivity contribution in [2.45, 2.75) is 39.3 Å². The second kappa shape index (κ2) is 12.9. The van der Waals surface area contributed by atoms with Crippen LogP contribution >= 0.6 is 11.6 Å². The summed E-state index contributed by atoms with van der Waals surface area (Å²) in [6, 6.07) is 16.2. The predicted octanol–water partition coefficient (Wildman–Crippen LogP) is 6.21. The van der Waals surface area contributed by atoms with Crippen LogP contribution in [0.15, 0.2) is 60.7 Å². The maximum absolute atomic E-state index is 14.4. The summed E-state index contributed by atoms with van der Waals surface area (Å²) < 4.78 is 25.0. The first-order chi connectivity index (χ1) is 17.3. The molecule has 0 heterocycles. The van der Waals surface area contributed by atoms with Crippen molar-refractivity contribution in [2.24, 2.45) is 0 Å². The van der Waals surface area contributed by atoms with Crippen LogP contribution in [-0.4, -0.2) is 25.7 Å². The van der Waals surface area contributed by atoms with Gasteiger partial charge in [-0.2, -0.15) is 0 Å². The third-order valence-corrected chi connectivity index (χ3v) is 5.93. The molecule has 1 atom stereocenters. The Labute approximate surface area is 215 Å². The van der Waals surface area contributed by atoms with Crippen molar-refractivity contribution in [3.05, 3.63) is 88.2 Å². The highest BCUT2D eigenvalue weighted by Crippen LogP contribution is 2.37. The number of nitrogens with one attached hydrogen (secondary N) is 2. The molecule has 0 saturated heterocycles. The molecule has 0 fully saturated rings. The minimum Gasteiger partial charge on any atom is -0.496 e. The number of carbonyl (C=O) groups excluding carboxylic acids is 2. The number of hydrogen-bond acceptors (Lipinski definition) is 4. The molecule has 3 aromatic rings. The van der Waals surface area contributed by atoms with E-state index in [9.17, 15) is 14.0 Å². The van der Waals surface area contributed by atoms with E-state index < -0.39 is 11.9 Å².